The molecule has 2 heterocycles. The summed E-state index contributed by atoms with van der Waals surface area (Å²) < 4.78 is 2.13. The largest absolute Gasteiger partial charge is 0.312 e. The maximum atomic E-state index is 4.75. The van der Waals surface area contributed by atoms with E-state index >= 15 is 0 Å². The molecule has 0 saturated carbocycles. The predicted octanol–water partition coefficient (Wildman–Crippen LogP) is 4.12. The van der Waals surface area contributed by atoms with Gasteiger partial charge >= 0.3 is 0 Å². The van der Waals surface area contributed by atoms with Crippen LogP contribution < -0.4 is 5.32 Å². The number of aryl methyl sites for hydroxylation is 1. The third-order valence-corrected chi connectivity index (χ3v) is 4.96. The maximum absolute atomic E-state index is 4.75. The van der Waals surface area contributed by atoms with Crippen molar-refractivity contribution in [1.82, 2.24) is 15.1 Å². The van der Waals surface area contributed by atoms with E-state index in [4.69, 9.17) is 5.10 Å². The first kappa shape index (κ1) is 15.3. The molecule has 3 nitrogen and oxygen atoms in total. The SMILES string of the molecule is CCC(CC)n1ccc(CC(NC)c2ccc(C)s2)n1. The molecule has 20 heavy (non-hydrogen) atoms. The Hall–Kier alpha value is -1.13. The van der Waals surface area contributed by atoms with Crippen molar-refractivity contribution < 1.29 is 0 Å². The summed E-state index contributed by atoms with van der Waals surface area (Å²) in [6.45, 7) is 6.60. The van der Waals surface area contributed by atoms with Crippen molar-refractivity contribution in [3.8, 4) is 0 Å². The zero-order valence-electron chi connectivity index (χ0n) is 12.9. The Morgan fingerprint density at radius 1 is 1.25 bits per heavy atom. The Morgan fingerprint density at radius 2 is 2.00 bits per heavy atom. The van der Waals surface area contributed by atoms with Crippen LogP contribution in [0.4, 0.5) is 0 Å². The standard InChI is InChI=1S/C16H25N3S/c1-5-14(6-2)19-10-9-13(18-19)11-15(17-4)16-8-7-12(3)20-16/h7-10,14-15,17H,5-6,11H2,1-4H3. The lowest BCUT2D eigenvalue weighted by Crippen LogP contribution is -2.18. The van der Waals surface area contributed by atoms with Gasteiger partial charge < -0.3 is 5.32 Å². The second-order valence-electron chi connectivity index (χ2n) is 5.25. The summed E-state index contributed by atoms with van der Waals surface area (Å²) in [5, 5.41) is 8.16. The highest BCUT2D eigenvalue weighted by Crippen LogP contribution is 2.25. The number of thiophene rings is 1. The van der Waals surface area contributed by atoms with Crippen LogP contribution in [0.3, 0.4) is 0 Å². The Bertz CT molecular complexity index is 525. The lowest BCUT2D eigenvalue weighted by molar-refractivity contribution is 0.423. The zero-order chi connectivity index (χ0) is 14.5. The number of rotatable bonds is 7. The van der Waals surface area contributed by atoms with E-state index in [0.29, 0.717) is 12.1 Å². The average molecular weight is 291 g/mol. The minimum Gasteiger partial charge on any atom is -0.312 e. The molecule has 0 saturated heterocycles. The Labute approximate surface area is 126 Å². The van der Waals surface area contributed by atoms with Crippen molar-refractivity contribution in [3.63, 3.8) is 0 Å². The van der Waals surface area contributed by atoms with Crippen LogP contribution in [0, 0.1) is 6.92 Å². The van der Waals surface area contributed by atoms with Crippen LogP contribution in [0.1, 0.15) is 54.2 Å². The lowest BCUT2D eigenvalue weighted by atomic mass is 10.1. The third kappa shape index (κ3) is 3.49. The maximum Gasteiger partial charge on any atom is 0.0644 e. The van der Waals surface area contributed by atoms with E-state index in [0.717, 1.165) is 19.3 Å². The first-order chi connectivity index (χ1) is 9.67. The van der Waals surface area contributed by atoms with Crippen LogP contribution in [-0.4, -0.2) is 16.8 Å². The number of hydrogen-bond donors (Lipinski definition) is 1. The van der Waals surface area contributed by atoms with E-state index < -0.39 is 0 Å². The van der Waals surface area contributed by atoms with Crippen LogP contribution >= 0.6 is 11.3 Å². The van der Waals surface area contributed by atoms with E-state index in [9.17, 15) is 0 Å². The number of aromatic nitrogens is 2. The number of nitrogens with zero attached hydrogens (tertiary/aromatic N) is 2. The molecule has 1 unspecified atom stereocenters. The molecule has 2 rings (SSSR count). The average Bonchev–Trinajstić information content (AvgIpc) is 3.07. The molecular formula is C16H25N3S. The first-order valence-electron chi connectivity index (χ1n) is 7.45. The second-order valence-corrected chi connectivity index (χ2v) is 6.57. The van der Waals surface area contributed by atoms with Gasteiger partial charge in [-0.1, -0.05) is 13.8 Å². The molecule has 1 N–H and O–H groups in total. The Kier molecular flexibility index (Phi) is 5.38. The number of hydrogen-bond acceptors (Lipinski definition) is 3. The normalized spacial score (nSPS) is 13.1. The zero-order valence-corrected chi connectivity index (χ0v) is 13.7. The smallest absolute Gasteiger partial charge is 0.0644 e. The molecule has 0 spiro atoms. The van der Waals surface area contributed by atoms with Crippen LogP contribution in [0.15, 0.2) is 24.4 Å². The molecule has 2 aromatic rings. The van der Waals surface area contributed by atoms with Gasteiger partial charge in [0.1, 0.15) is 0 Å². The Balaban J connectivity index is 2.08. The van der Waals surface area contributed by atoms with E-state index in [1.165, 1.54) is 15.4 Å². The van der Waals surface area contributed by atoms with Gasteiger partial charge in [-0.2, -0.15) is 5.10 Å². The summed E-state index contributed by atoms with van der Waals surface area (Å²) in [6, 6.07) is 7.45. The fraction of sp³-hybridized carbons (Fsp3) is 0.562. The van der Waals surface area contributed by atoms with Crippen molar-refractivity contribution in [2.45, 2.75) is 52.1 Å². The first-order valence-corrected chi connectivity index (χ1v) is 8.27. The van der Waals surface area contributed by atoms with Crippen molar-refractivity contribution in [2.75, 3.05) is 7.05 Å². The molecule has 0 aliphatic rings. The number of likely N-dealkylation sites (N-methyl/N-ethyl adjacent to an activating group) is 1. The molecule has 0 aliphatic carbocycles. The molecule has 0 aliphatic heterocycles. The molecule has 0 fully saturated rings. The molecule has 0 radical (unpaired) electrons. The van der Waals surface area contributed by atoms with Crippen LogP contribution in [0.2, 0.25) is 0 Å². The van der Waals surface area contributed by atoms with Gasteiger partial charge in [-0.3, -0.25) is 4.68 Å². The lowest BCUT2D eigenvalue weighted by Gasteiger charge is -2.14. The van der Waals surface area contributed by atoms with Crippen LogP contribution in [0.25, 0.3) is 0 Å². The predicted molar refractivity (Wildman–Crippen MR) is 86.4 cm³/mol. The van der Waals surface area contributed by atoms with Gasteiger partial charge in [0.15, 0.2) is 0 Å². The molecule has 2 aromatic heterocycles. The van der Waals surface area contributed by atoms with Crippen molar-refractivity contribution in [3.05, 3.63) is 39.8 Å². The fourth-order valence-electron chi connectivity index (χ4n) is 2.55. The van der Waals surface area contributed by atoms with Gasteiger partial charge in [0.25, 0.3) is 0 Å². The summed E-state index contributed by atoms with van der Waals surface area (Å²) in [4.78, 5) is 2.75. The fourth-order valence-corrected chi connectivity index (χ4v) is 3.53. The van der Waals surface area contributed by atoms with Gasteiger partial charge in [-0.15, -0.1) is 11.3 Å². The molecule has 4 heteroatoms. The highest BCUT2D eigenvalue weighted by atomic mass is 32.1. The van der Waals surface area contributed by atoms with Gasteiger partial charge in [-0.05, 0) is 45.0 Å². The Morgan fingerprint density at radius 3 is 2.55 bits per heavy atom. The van der Waals surface area contributed by atoms with Gasteiger partial charge in [-0.25, -0.2) is 0 Å². The number of nitrogens with one attached hydrogen (secondary N) is 1. The van der Waals surface area contributed by atoms with E-state index in [-0.39, 0.29) is 0 Å². The molecule has 0 aromatic carbocycles. The van der Waals surface area contributed by atoms with E-state index in [1.807, 2.05) is 18.4 Å². The van der Waals surface area contributed by atoms with Gasteiger partial charge in [0.05, 0.1) is 11.7 Å². The quantitative estimate of drug-likeness (QED) is 0.831. The molecule has 0 amide bonds. The molecule has 110 valence electrons. The molecule has 0 bridgehead atoms. The van der Waals surface area contributed by atoms with Crippen molar-refractivity contribution in [1.29, 1.82) is 0 Å². The minimum atomic E-state index is 0.360. The molecule has 1 atom stereocenters. The van der Waals surface area contributed by atoms with Gasteiger partial charge in [0.2, 0.25) is 0 Å². The summed E-state index contributed by atoms with van der Waals surface area (Å²) in [6.07, 6.45) is 5.34. The second kappa shape index (κ2) is 7.04. The highest BCUT2D eigenvalue weighted by Gasteiger charge is 2.15. The van der Waals surface area contributed by atoms with E-state index in [1.54, 1.807) is 0 Å². The van der Waals surface area contributed by atoms with Crippen LogP contribution in [0.5, 0.6) is 0 Å². The summed E-state index contributed by atoms with van der Waals surface area (Å²) in [5.41, 5.74) is 1.17. The minimum absolute atomic E-state index is 0.360. The van der Waals surface area contributed by atoms with E-state index in [2.05, 4.69) is 55.2 Å². The summed E-state index contributed by atoms with van der Waals surface area (Å²) >= 11 is 1.86. The van der Waals surface area contributed by atoms with Gasteiger partial charge in [0, 0.05) is 28.4 Å². The van der Waals surface area contributed by atoms with Crippen molar-refractivity contribution in [2.24, 2.45) is 0 Å². The van der Waals surface area contributed by atoms with Crippen LogP contribution in [-0.2, 0) is 6.42 Å². The summed E-state index contributed by atoms with van der Waals surface area (Å²) in [7, 11) is 2.03. The molecular weight excluding hydrogens is 266 g/mol. The monoisotopic (exact) mass is 291 g/mol. The highest BCUT2D eigenvalue weighted by molar-refractivity contribution is 7.12. The third-order valence-electron chi connectivity index (χ3n) is 3.85. The summed E-state index contributed by atoms with van der Waals surface area (Å²) in [5.74, 6) is 0. The topological polar surface area (TPSA) is 29.9 Å². The van der Waals surface area contributed by atoms with Crippen molar-refractivity contribution >= 4 is 11.3 Å².